The molecule has 3 aliphatic carbocycles. The number of ether oxygens (including phenoxy) is 1. The Balaban J connectivity index is 1.64. The fourth-order valence-electron chi connectivity index (χ4n) is 6.86. The number of carbonyl (C=O) groups is 1. The third-order valence-electron chi connectivity index (χ3n) is 8.24. The van der Waals surface area contributed by atoms with Crippen molar-refractivity contribution in [2.45, 2.75) is 78.2 Å². The number of hydrogen-bond donors (Lipinski definition) is 1. The highest BCUT2D eigenvalue weighted by atomic mass is 16.5. The Morgan fingerprint density at radius 3 is 2.54 bits per heavy atom. The van der Waals surface area contributed by atoms with E-state index in [2.05, 4.69) is 26.8 Å². The number of rotatable bonds is 2. The maximum Gasteiger partial charge on any atom is 0.335 e. The van der Waals surface area contributed by atoms with Gasteiger partial charge in [-0.1, -0.05) is 33.3 Å². The Morgan fingerprint density at radius 1 is 1.17 bits per heavy atom. The summed E-state index contributed by atoms with van der Waals surface area (Å²) in [6, 6.07) is -0.220. The SMILES string of the molecule is CC1(C)CCC[C@@]2(C)[C@H]1CCC1(CC1)[C@@H]2C/C=C1\C(=O)OC[C@H]1N. The normalized spacial score (nSPS) is 44.4. The van der Waals surface area contributed by atoms with E-state index in [1.54, 1.807) is 0 Å². The van der Waals surface area contributed by atoms with Crippen LogP contribution in [0.1, 0.15) is 72.1 Å². The zero-order chi connectivity index (χ0) is 17.2. The van der Waals surface area contributed by atoms with Gasteiger partial charge in [-0.3, -0.25) is 0 Å². The molecule has 134 valence electrons. The van der Waals surface area contributed by atoms with Gasteiger partial charge in [0.05, 0.1) is 11.6 Å². The lowest BCUT2D eigenvalue weighted by atomic mass is 9.45. The van der Waals surface area contributed by atoms with Gasteiger partial charge in [0.1, 0.15) is 6.61 Å². The monoisotopic (exact) mass is 331 g/mol. The zero-order valence-corrected chi connectivity index (χ0v) is 15.6. The fourth-order valence-corrected chi connectivity index (χ4v) is 6.86. The lowest BCUT2D eigenvalue weighted by molar-refractivity contribution is -0.135. The first-order valence-corrected chi connectivity index (χ1v) is 9.91. The minimum atomic E-state index is -0.220. The smallest absolute Gasteiger partial charge is 0.335 e. The number of fused-ring (bicyclic) bond motifs is 1. The van der Waals surface area contributed by atoms with Crippen LogP contribution in [0.5, 0.6) is 0 Å². The van der Waals surface area contributed by atoms with Crippen molar-refractivity contribution in [1.82, 2.24) is 0 Å². The molecule has 0 radical (unpaired) electrons. The Labute approximate surface area is 146 Å². The molecule has 1 spiro atoms. The molecule has 2 N–H and O–H groups in total. The first kappa shape index (κ1) is 16.6. The van der Waals surface area contributed by atoms with Gasteiger partial charge in [0.2, 0.25) is 0 Å². The van der Waals surface area contributed by atoms with Crippen LogP contribution in [0, 0.1) is 28.1 Å². The van der Waals surface area contributed by atoms with Crippen LogP contribution in [-0.4, -0.2) is 18.6 Å². The third-order valence-corrected chi connectivity index (χ3v) is 8.24. The molecule has 1 aliphatic heterocycles. The molecule has 4 aliphatic rings. The van der Waals surface area contributed by atoms with E-state index in [0.717, 1.165) is 17.9 Å². The van der Waals surface area contributed by atoms with Crippen LogP contribution in [0.15, 0.2) is 11.6 Å². The van der Waals surface area contributed by atoms with Gasteiger partial charge in [-0.25, -0.2) is 4.79 Å². The number of nitrogens with two attached hydrogens (primary N) is 1. The molecule has 4 rings (SSSR count). The molecule has 0 bridgehead atoms. The van der Waals surface area contributed by atoms with Crippen molar-refractivity contribution in [3.8, 4) is 0 Å². The molecule has 3 heteroatoms. The summed E-state index contributed by atoms with van der Waals surface area (Å²) in [5.74, 6) is 1.34. The van der Waals surface area contributed by atoms with E-state index < -0.39 is 0 Å². The van der Waals surface area contributed by atoms with Crippen molar-refractivity contribution in [2.24, 2.45) is 33.8 Å². The number of hydrogen-bond acceptors (Lipinski definition) is 3. The Morgan fingerprint density at radius 2 is 1.92 bits per heavy atom. The first-order chi connectivity index (χ1) is 11.3. The number of carbonyl (C=O) groups excluding carboxylic acids is 1. The maximum atomic E-state index is 11.9. The Kier molecular flexibility index (Phi) is 3.69. The van der Waals surface area contributed by atoms with Gasteiger partial charge < -0.3 is 10.5 Å². The predicted molar refractivity (Wildman–Crippen MR) is 95.3 cm³/mol. The maximum absolute atomic E-state index is 11.9. The van der Waals surface area contributed by atoms with E-state index in [1.165, 1.54) is 44.9 Å². The average molecular weight is 332 g/mol. The number of esters is 1. The number of cyclic esters (lactones) is 1. The molecule has 1 heterocycles. The summed E-state index contributed by atoms with van der Waals surface area (Å²) < 4.78 is 5.12. The molecule has 0 aromatic rings. The van der Waals surface area contributed by atoms with E-state index in [4.69, 9.17) is 10.5 Å². The molecule has 3 nitrogen and oxygen atoms in total. The minimum absolute atomic E-state index is 0.186. The summed E-state index contributed by atoms with van der Waals surface area (Å²) in [6.45, 7) is 7.89. The Bertz CT molecular complexity index is 574. The molecular formula is C21H33NO2. The molecule has 3 saturated carbocycles. The summed E-state index contributed by atoms with van der Waals surface area (Å²) in [5.41, 5.74) is 8.22. The van der Waals surface area contributed by atoms with Crippen molar-refractivity contribution in [3.63, 3.8) is 0 Å². The van der Waals surface area contributed by atoms with Crippen LogP contribution in [0.4, 0.5) is 0 Å². The quantitative estimate of drug-likeness (QED) is 0.609. The van der Waals surface area contributed by atoms with Gasteiger partial charge in [-0.2, -0.15) is 0 Å². The molecule has 24 heavy (non-hydrogen) atoms. The molecule has 4 fully saturated rings. The summed E-state index contributed by atoms with van der Waals surface area (Å²) in [4.78, 5) is 11.9. The molecule has 4 atom stereocenters. The minimum Gasteiger partial charge on any atom is -0.460 e. The Hall–Kier alpha value is -0.830. The van der Waals surface area contributed by atoms with Gasteiger partial charge in [0.25, 0.3) is 0 Å². The molecular weight excluding hydrogens is 298 g/mol. The second kappa shape index (κ2) is 5.33. The van der Waals surface area contributed by atoms with Crippen LogP contribution >= 0.6 is 0 Å². The van der Waals surface area contributed by atoms with Gasteiger partial charge >= 0.3 is 5.97 Å². The van der Waals surface area contributed by atoms with E-state index in [9.17, 15) is 4.79 Å². The molecule has 0 aromatic heterocycles. The molecule has 0 aromatic carbocycles. The van der Waals surface area contributed by atoms with Gasteiger partial charge in [-0.15, -0.1) is 0 Å². The summed E-state index contributed by atoms with van der Waals surface area (Å²) in [7, 11) is 0. The standard InChI is InChI=1S/C21H33NO2/c1-19(2)8-4-9-20(3)16(19)7-10-21(11-12-21)17(20)6-5-14-15(22)13-24-18(14)23/h5,15-17H,4,6-13,22H2,1-3H3/b14-5-/t15-,16+,17-,20+/m1/s1. The average Bonchev–Trinajstić information content (AvgIpc) is 3.19. The third kappa shape index (κ3) is 2.38. The predicted octanol–water partition coefficient (Wildman–Crippen LogP) is 4.21. The lowest BCUT2D eigenvalue weighted by Gasteiger charge is -2.60. The van der Waals surface area contributed by atoms with Gasteiger partial charge in [0.15, 0.2) is 0 Å². The van der Waals surface area contributed by atoms with Crippen molar-refractivity contribution in [2.75, 3.05) is 6.61 Å². The fraction of sp³-hybridized carbons (Fsp3) is 0.857. The van der Waals surface area contributed by atoms with Crippen LogP contribution in [0.25, 0.3) is 0 Å². The van der Waals surface area contributed by atoms with E-state index in [1.807, 2.05) is 0 Å². The van der Waals surface area contributed by atoms with Crippen LogP contribution in [-0.2, 0) is 9.53 Å². The molecule has 1 saturated heterocycles. The van der Waals surface area contributed by atoms with Crippen molar-refractivity contribution < 1.29 is 9.53 Å². The largest absolute Gasteiger partial charge is 0.460 e. The lowest BCUT2D eigenvalue weighted by Crippen LogP contribution is -2.52. The van der Waals surface area contributed by atoms with Crippen LogP contribution in [0.2, 0.25) is 0 Å². The highest BCUT2D eigenvalue weighted by molar-refractivity contribution is 5.91. The number of allylic oxidation sites excluding steroid dienone is 1. The van der Waals surface area contributed by atoms with E-state index in [0.29, 0.717) is 28.8 Å². The van der Waals surface area contributed by atoms with Crippen molar-refractivity contribution in [1.29, 1.82) is 0 Å². The second-order valence-corrected chi connectivity index (χ2v) is 9.95. The molecule has 0 amide bonds. The topological polar surface area (TPSA) is 52.3 Å². The summed E-state index contributed by atoms with van der Waals surface area (Å²) in [6.07, 6.45) is 12.8. The van der Waals surface area contributed by atoms with Crippen molar-refractivity contribution in [3.05, 3.63) is 11.6 Å². The van der Waals surface area contributed by atoms with Crippen LogP contribution in [0.3, 0.4) is 0 Å². The highest BCUT2D eigenvalue weighted by Gasteiger charge is 2.62. The van der Waals surface area contributed by atoms with Crippen LogP contribution < -0.4 is 5.73 Å². The summed E-state index contributed by atoms with van der Waals surface area (Å²) in [5, 5.41) is 0. The zero-order valence-electron chi connectivity index (χ0n) is 15.6. The van der Waals surface area contributed by atoms with Gasteiger partial charge in [-0.05, 0) is 73.0 Å². The highest BCUT2D eigenvalue weighted by Crippen LogP contribution is 2.72. The van der Waals surface area contributed by atoms with Gasteiger partial charge in [0, 0.05) is 0 Å². The molecule has 0 unspecified atom stereocenters. The second-order valence-electron chi connectivity index (χ2n) is 9.95. The first-order valence-electron chi connectivity index (χ1n) is 9.91. The van der Waals surface area contributed by atoms with E-state index >= 15 is 0 Å². The summed E-state index contributed by atoms with van der Waals surface area (Å²) >= 11 is 0. The van der Waals surface area contributed by atoms with E-state index in [-0.39, 0.29) is 12.0 Å². The van der Waals surface area contributed by atoms with Crippen molar-refractivity contribution >= 4 is 5.97 Å².